The highest BCUT2D eigenvalue weighted by Gasteiger charge is 2.38. The number of rotatable bonds is 3. The van der Waals surface area contributed by atoms with Crippen molar-refractivity contribution in [1.82, 2.24) is 5.32 Å². The minimum atomic E-state index is -0.380. The van der Waals surface area contributed by atoms with Gasteiger partial charge in [-0.05, 0) is 37.3 Å². The molecule has 1 aromatic rings. The van der Waals surface area contributed by atoms with Crippen LogP contribution in [0.5, 0.6) is 5.75 Å². The lowest BCUT2D eigenvalue weighted by molar-refractivity contribution is -0.117. The average Bonchev–Trinajstić information content (AvgIpc) is 2.93. The van der Waals surface area contributed by atoms with E-state index in [-0.39, 0.29) is 17.8 Å². The number of hydrogen-bond acceptors (Lipinski definition) is 3. The second-order valence-corrected chi connectivity index (χ2v) is 5.94. The Bertz CT molecular complexity index is 521. The molecule has 3 atom stereocenters. The monoisotopic (exact) mass is 292 g/mol. The number of amides is 1. The van der Waals surface area contributed by atoms with Crippen LogP contribution in [0.4, 0.5) is 10.1 Å². The van der Waals surface area contributed by atoms with Crippen LogP contribution in [0.15, 0.2) is 18.2 Å². The fourth-order valence-electron chi connectivity index (χ4n) is 3.51. The highest BCUT2D eigenvalue weighted by molar-refractivity contribution is 5.96. The molecule has 2 fully saturated rings. The van der Waals surface area contributed by atoms with Crippen molar-refractivity contribution < 1.29 is 13.9 Å². The molecule has 4 nitrogen and oxygen atoms in total. The Balaban J connectivity index is 1.67. The Morgan fingerprint density at radius 2 is 2.19 bits per heavy atom. The minimum Gasteiger partial charge on any atom is -0.494 e. The summed E-state index contributed by atoms with van der Waals surface area (Å²) < 4.78 is 18.3. The van der Waals surface area contributed by atoms with Crippen LogP contribution in [0.25, 0.3) is 0 Å². The molecule has 1 aliphatic carbocycles. The molecule has 0 aromatic heterocycles. The summed E-state index contributed by atoms with van der Waals surface area (Å²) in [6, 6.07) is 4.45. The molecule has 2 aliphatic rings. The van der Waals surface area contributed by atoms with Gasteiger partial charge in [0, 0.05) is 12.1 Å². The Morgan fingerprint density at radius 1 is 1.38 bits per heavy atom. The van der Waals surface area contributed by atoms with Crippen LogP contribution < -0.4 is 15.4 Å². The second-order valence-electron chi connectivity index (χ2n) is 5.94. The molecular formula is C16H21FN2O2. The van der Waals surface area contributed by atoms with Crippen molar-refractivity contribution in [2.75, 3.05) is 12.4 Å². The summed E-state index contributed by atoms with van der Waals surface area (Å²) in [5, 5.41) is 6.28. The number of carbonyl (C=O) groups excluding carboxylic acids is 1. The van der Waals surface area contributed by atoms with Crippen LogP contribution in [-0.2, 0) is 4.79 Å². The maximum absolute atomic E-state index is 13.2. The van der Waals surface area contributed by atoms with E-state index in [0.717, 1.165) is 12.8 Å². The number of ether oxygens (including phenoxy) is 1. The SMILES string of the molecule is COc1cc(F)ccc1NC(=O)C1CC2CCCCC2N1. The zero-order chi connectivity index (χ0) is 14.8. The highest BCUT2D eigenvalue weighted by atomic mass is 19.1. The Morgan fingerprint density at radius 3 is 2.95 bits per heavy atom. The number of fused-ring (bicyclic) bond motifs is 1. The van der Waals surface area contributed by atoms with Gasteiger partial charge in [-0.1, -0.05) is 12.8 Å². The molecule has 0 radical (unpaired) electrons. The summed E-state index contributed by atoms with van der Waals surface area (Å²) >= 11 is 0. The minimum absolute atomic E-state index is 0.0608. The molecule has 5 heteroatoms. The van der Waals surface area contributed by atoms with E-state index >= 15 is 0 Å². The average molecular weight is 292 g/mol. The highest BCUT2D eigenvalue weighted by Crippen LogP contribution is 2.34. The maximum atomic E-state index is 13.2. The number of halogens is 1. The van der Waals surface area contributed by atoms with Gasteiger partial charge < -0.3 is 15.4 Å². The first-order chi connectivity index (χ1) is 10.2. The van der Waals surface area contributed by atoms with Crippen molar-refractivity contribution in [3.63, 3.8) is 0 Å². The number of methoxy groups -OCH3 is 1. The van der Waals surface area contributed by atoms with Crippen molar-refractivity contribution in [3.8, 4) is 5.75 Å². The van der Waals surface area contributed by atoms with E-state index < -0.39 is 0 Å². The molecule has 0 spiro atoms. The quantitative estimate of drug-likeness (QED) is 0.900. The molecule has 1 saturated heterocycles. The van der Waals surface area contributed by atoms with Gasteiger partial charge in [0.05, 0.1) is 18.8 Å². The zero-order valence-electron chi connectivity index (χ0n) is 12.2. The molecule has 21 heavy (non-hydrogen) atoms. The standard InChI is InChI=1S/C16H21FN2O2/c1-21-15-9-11(17)6-7-13(15)19-16(20)14-8-10-4-2-3-5-12(10)18-14/h6-7,9-10,12,14,18H,2-5,8H2,1H3,(H,19,20). The first kappa shape index (κ1) is 14.3. The molecular weight excluding hydrogens is 271 g/mol. The molecule has 3 rings (SSSR count). The van der Waals surface area contributed by atoms with E-state index in [9.17, 15) is 9.18 Å². The molecule has 3 unspecified atom stereocenters. The summed E-state index contributed by atoms with van der Waals surface area (Å²) in [4.78, 5) is 12.4. The Kier molecular flexibility index (Phi) is 4.10. The van der Waals surface area contributed by atoms with Crippen molar-refractivity contribution >= 4 is 11.6 Å². The number of hydrogen-bond donors (Lipinski definition) is 2. The number of nitrogens with one attached hydrogen (secondary N) is 2. The van der Waals surface area contributed by atoms with Crippen LogP contribution >= 0.6 is 0 Å². The first-order valence-corrected chi connectivity index (χ1v) is 7.58. The van der Waals surface area contributed by atoms with Gasteiger partial charge >= 0.3 is 0 Å². The summed E-state index contributed by atoms with van der Waals surface area (Å²) in [6.07, 6.45) is 5.77. The van der Waals surface area contributed by atoms with Crippen LogP contribution in [0.3, 0.4) is 0 Å². The smallest absolute Gasteiger partial charge is 0.241 e. The zero-order valence-corrected chi connectivity index (χ0v) is 12.2. The van der Waals surface area contributed by atoms with Gasteiger partial charge in [0.2, 0.25) is 5.91 Å². The van der Waals surface area contributed by atoms with E-state index in [1.165, 1.54) is 44.6 Å². The van der Waals surface area contributed by atoms with Gasteiger partial charge in [0.15, 0.2) is 0 Å². The van der Waals surface area contributed by atoms with Crippen LogP contribution in [-0.4, -0.2) is 25.1 Å². The van der Waals surface area contributed by atoms with Gasteiger partial charge in [-0.25, -0.2) is 4.39 Å². The van der Waals surface area contributed by atoms with Crippen molar-refractivity contribution in [2.24, 2.45) is 5.92 Å². The lowest BCUT2D eigenvalue weighted by Gasteiger charge is -2.24. The molecule has 114 valence electrons. The van der Waals surface area contributed by atoms with Gasteiger partial charge in [0.1, 0.15) is 11.6 Å². The number of benzene rings is 1. The van der Waals surface area contributed by atoms with Crippen molar-refractivity contribution in [3.05, 3.63) is 24.0 Å². The van der Waals surface area contributed by atoms with Gasteiger partial charge in [-0.15, -0.1) is 0 Å². The third-order valence-electron chi connectivity index (χ3n) is 4.60. The van der Waals surface area contributed by atoms with E-state index in [1.807, 2.05) is 0 Å². The van der Waals surface area contributed by atoms with Crippen LogP contribution in [0, 0.1) is 11.7 Å². The third-order valence-corrected chi connectivity index (χ3v) is 4.60. The van der Waals surface area contributed by atoms with E-state index in [1.54, 1.807) is 0 Å². The lowest BCUT2D eigenvalue weighted by atomic mass is 9.85. The van der Waals surface area contributed by atoms with Crippen molar-refractivity contribution in [2.45, 2.75) is 44.2 Å². The maximum Gasteiger partial charge on any atom is 0.241 e. The Labute approximate surface area is 124 Å². The predicted octanol–water partition coefficient (Wildman–Crippen LogP) is 2.69. The van der Waals surface area contributed by atoms with E-state index in [4.69, 9.17) is 4.74 Å². The topological polar surface area (TPSA) is 50.4 Å². The van der Waals surface area contributed by atoms with Crippen LogP contribution in [0.2, 0.25) is 0 Å². The van der Waals surface area contributed by atoms with E-state index in [0.29, 0.717) is 23.4 Å². The fraction of sp³-hybridized carbons (Fsp3) is 0.562. The molecule has 0 bridgehead atoms. The molecule has 1 heterocycles. The number of carbonyl (C=O) groups is 1. The summed E-state index contributed by atoms with van der Waals surface area (Å²) in [5.74, 6) is 0.521. The summed E-state index contributed by atoms with van der Waals surface area (Å²) in [5.41, 5.74) is 0.514. The fourth-order valence-corrected chi connectivity index (χ4v) is 3.51. The summed E-state index contributed by atoms with van der Waals surface area (Å²) in [7, 11) is 1.47. The first-order valence-electron chi connectivity index (χ1n) is 7.58. The largest absolute Gasteiger partial charge is 0.494 e. The molecule has 1 aliphatic heterocycles. The number of anilines is 1. The molecule has 2 N–H and O–H groups in total. The summed E-state index contributed by atoms with van der Waals surface area (Å²) in [6.45, 7) is 0. The second kappa shape index (κ2) is 6.02. The predicted molar refractivity (Wildman–Crippen MR) is 78.9 cm³/mol. The molecule has 1 aromatic carbocycles. The van der Waals surface area contributed by atoms with Crippen molar-refractivity contribution in [1.29, 1.82) is 0 Å². The molecule has 1 saturated carbocycles. The normalized spacial score (nSPS) is 28.0. The molecule has 1 amide bonds. The lowest BCUT2D eigenvalue weighted by Crippen LogP contribution is -2.39. The van der Waals surface area contributed by atoms with Gasteiger partial charge in [-0.3, -0.25) is 4.79 Å². The third kappa shape index (κ3) is 3.02. The van der Waals surface area contributed by atoms with Crippen LogP contribution in [0.1, 0.15) is 32.1 Å². The van der Waals surface area contributed by atoms with Gasteiger partial charge in [-0.2, -0.15) is 0 Å². The van der Waals surface area contributed by atoms with Gasteiger partial charge in [0.25, 0.3) is 0 Å². The Hall–Kier alpha value is -1.62. The van der Waals surface area contributed by atoms with E-state index in [2.05, 4.69) is 10.6 Å².